The first-order chi connectivity index (χ1) is 10.1. The van der Waals surface area contributed by atoms with Crippen molar-refractivity contribution in [2.75, 3.05) is 12.3 Å². The molecule has 2 aromatic rings. The van der Waals surface area contributed by atoms with Gasteiger partial charge in [-0.1, -0.05) is 51.1 Å². The van der Waals surface area contributed by atoms with Gasteiger partial charge in [0.1, 0.15) is 5.82 Å². The summed E-state index contributed by atoms with van der Waals surface area (Å²) in [5.74, 6) is 1.19. The number of nitrogens with two attached hydrogens (primary N) is 1. The lowest BCUT2D eigenvalue weighted by Gasteiger charge is -2.20. The van der Waals surface area contributed by atoms with E-state index in [2.05, 4.69) is 61.4 Å². The molecular formula is C18H25N3. The summed E-state index contributed by atoms with van der Waals surface area (Å²) >= 11 is 0. The molecule has 0 spiro atoms. The summed E-state index contributed by atoms with van der Waals surface area (Å²) in [6.45, 7) is 7.49. The van der Waals surface area contributed by atoms with E-state index in [9.17, 15) is 0 Å². The van der Waals surface area contributed by atoms with Crippen LogP contribution in [-0.2, 0) is 6.42 Å². The van der Waals surface area contributed by atoms with Crippen molar-refractivity contribution in [3.63, 3.8) is 0 Å². The maximum absolute atomic E-state index is 5.97. The molecule has 0 aliphatic heterocycles. The number of nitrogen functional groups attached to an aromatic ring is 1. The van der Waals surface area contributed by atoms with E-state index in [1.165, 1.54) is 11.1 Å². The second-order valence-corrected chi connectivity index (χ2v) is 5.68. The van der Waals surface area contributed by atoms with Gasteiger partial charge in [-0.15, -0.1) is 0 Å². The molecule has 0 amide bonds. The topological polar surface area (TPSA) is 50.9 Å². The van der Waals surface area contributed by atoms with Gasteiger partial charge in [-0.05, 0) is 41.6 Å². The second-order valence-electron chi connectivity index (χ2n) is 5.68. The van der Waals surface area contributed by atoms with Crippen molar-refractivity contribution in [2.45, 2.75) is 39.2 Å². The van der Waals surface area contributed by atoms with Crippen LogP contribution in [0, 0.1) is 0 Å². The standard InChI is InChI=1S/C18H25N3/c1-4-20-17(12-16-6-5-11-21-18(16)19)15-9-7-14(8-10-15)13(2)3/h5-11,13,17,20H,4,12H2,1-3H3,(H2,19,21). The molecule has 0 aliphatic rings. The zero-order chi connectivity index (χ0) is 15.2. The minimum atomic E-state index is 0.266. The molecule has 3 N–H and O–H groups in total. The first kappa shape index (κ1) is 15.5. The first-order valence-corrected chi connectivity index (χ1v) is 7.64. The fourth-order valence-electron chi connectivity index (χ4n) is 2.51. The zero-order valence-corrected chi connectivity index (χ0v) is 13.1. The highest BCUT2D eigenvalue weighted by Crippen LogP contribution is 2.23. The van der Waals surface area contributed by atoms with E-state index in [1.54, 1.807) is 6.20 Å². The second kappa shape index (κ2) is 7.23. The van der Waals surface area contributed by atoms with Crippen molar-refractivity contribution >= 4 is 5.82 Å². The van der Waals surface area contributed by atoms with Crippen molar-refractivity contribution in [3.8, 4) is 0 Å². The molecule has 0 aliphatic carbocycles. The van der Waals surface area contributed by atoms with Gasteiger partial charge in [0, 0.05) is 12.2 Å². The maximum Gasteiger partial charge on any atom is 0.126 e. The van der Waals surface area contributed by atoms with Gasteiger partial charge >= 0.3 is 0 Å². The molecule has 3 heteroatoms. The summed E-state index contributed by atoms with van der Waals surface area (Å²) in [6, 6.07) is 13.1. The number of anilines is 1. The number of benzene rings is 1. The summed E-state index contributed by atoms with van der Waals surface area (Å²) in [5, 5.41) is 3.54. The van der Waals surface area contributed by atoms with Crippen LogP contribution in [0.15, 0.2) is 42.6 Å². The summed E-state index contributed by atoms with van der Waals surface area (Å²) < 4.78 is 0. The average Bonchev–Trinajstić information content (AvgIpc) is 2.49. The Morgan fingerprint density at radius 2 is 1.76 bits per heavy atom. The van der Waals surface area contributed by atoms with Crippen LogP contribution >= 0.6 is 0 Å². The van der Waals surface area contributed by atoms with Crippen LogP contribution in [0.25, 0.3) is 0 Å². The molecule has 1 aromatic carbocycles. The van der Waals surface area contributed by atoms with Crippen molar-refractivity contribution in [1.29, 1.82) is 0 Å². The van der Waals surface area contributed by atoms with Gasteiger partial charge < -0.3 is 11.1 Å². The lowest BCUT2D eigenvalue weighted by atomic mass is 9.95. The van der Waals surface area contributed by atoms with Crippen molar-refractivity contribution in [1.82, 2.24) is 10.3 Å². The Hall–Kier alpha value is -1.87. The van der Waals surface area contributed by atoms with Gasteiger partial charge in [0.2, 0.25) is 0 Å². The highest BCUT2D eigenvalue weighted by atomic mass is 14.9. The zero-order valence-electron chi connectivity index (χ0n) is 13.1. The molecule has 3 nitrogen and oxygen atoms in total. The Balaban J connectivity index is 2.20. The van der Waals surface area contributed by atoms with Crippen LogP contribution in [0.3, 0.4) is 0 Å². The average molecular weight is 283 g/mol. The van der Waals surface area contributed by atoms with E-state index < -0.39 is 0 Å². The monoisotopic (exact) mass is 283 g/mol. The van der Waals surface area contributed by atoms with Crippen molar-refractivity contribution in [2.24, 2.45) is 0 Å². The number of hydrogen-bond donors (Lipinski definition) is 2. The Morgan fingerprint density at radius 3 is 2.33 bits per heavy atom. The highest BCUT2D eigenvalue weighted by Gasteiger charge is 2.13. The number of nitrogens with zero attached hydrogens (tertiary/aromatic N) is 1. The normalized spacial score (nSPS) is 12.6. The van der Waals surface area contributed by atoms with Crippen LogP contribution in [0.1, 0.15) is 49.4 Å². The minimum absolute atomic E-state index is 0.266. The minimum Gasteiger partial charge on any atom is -0.383 e. The molecule has 0 fully saturated rings. The molecule has 21 heavy (non-hydrogen) atoms. The fourth-order valence-corrected chi connectivity index (χ4v) is 2.51. The summed E-state index contributed by atoms with van der Waals surface area (Å²) in [5.41, 5.74) is 9.73. The van der Waals surface area contributed by atoms with Crippen LogP contribution in [0.5, 0.6) is 0 Å². The smallest absolute Gasteiger partial charge is 0.126 e. The molecule has 0 saturated carbocycles. The van der Waals surface area contributed by atoms with E-state index in [1.807, 2.05) is 6.07 Å². The van der Waals surface area contributed by atoms with E-state index in [4.69, 9.17) is 5.73 Å². The molecule has 1 aromatic heterocycles. The van der Waals surface area contributed by atoms with Gasteiger partial charge in [-0.25, -0.2) is 4.98 Å². The van der Waals surface area contributed by atoms with E-state index >= 15 is 0 Å². The van der Waals surface area contributed by atoms with E-state index in [0.717, 1.165) is 18.5 Å². The van der Waals surface area contributed by atoms with Gasteiger partial charge in [0.25, 0.3) is 0 Å². The third kappa shape index (κ3) is 4.05. The molecular weight excluding hydrogens is 258 g/mol. The molecule has 0 bridgehead atoms. The number of likely N-dealkylation sites (N-methyl/N-ethyl adjacent to an activating group) is 1. The van der Waals surface area contributed by atoms with Gasteiger partial charge in [-0.2, -0.15) is 0 Å². The SMILES string of the molecule is CCNC(Cc1cccnc1N)c1ccc(C(C)C)cc1. The summed E-state index contributed by atoms with van der Waals surface area (Å²) in [6.07, 6.45) is 2.59. The Labute approximate surface area is 127 Å². The lowest BCUT2D eigenvalue weighted by molar-refractivity contribution is 0.549. The van der Waals surface area contributed by atoms with E-state index in [0.29, 0.717) is 11.7 Å². The van der Waals surface area contributed by atoms with Crippen LogP contribution < -0.4 is 11.1 Å². The highest BCUT2D eigenvalue weighted by molar-refractivity contribution is 5.40. The van der Waals surface area contributed by atoms with Crippen LogP contribution in [-0.4, -0.2) is 11.5 Å². The third-order valence-electron chi connectivity index (χ3n) is 3.81. The fraction of sp³-hybridized carbons (Fsp3) is 0.389. The third-order valence-corrected chi connectivity index (χ3v) is 3.81. The van der Waals surface area contributed by atoms with Crippen LogP contribution in [0.4, 0.5) is 5.82 Å². The molecule has 1 heterocycles. The lowest BCUT2D eigenvalue weighted by Crippen LogP contribution is -2.23. The molecule has 1 unspecified atom stereocenters. The predicted octanol–water partition coefficient (Wildman–Crippen LogP) is 3.68. The van der Waals surface area contributed by atoms with Crippen molar-refractivity contribution < 1.29 is 0 Å². The molecule has 0 radical (unpaired) electrons. The number of rotatable bonds is 6. The summed E-state index contributed by atoms with van der Waals surface area (Å²) in [4.78, 5) is 4.17. The largest absolute Gasteiger partial charge is 0.383 e. The van der Waals surface area contributed by atoms with Gasteiger partial charge in [-0.3, -0.25) is 0 Å². The number of hydrogen-bond acceptors (Lipinski definition) is 3. The molecule has 112 valence electrons. The number of pyridine rings is 1. The molecule has 0 saturated heterocycles. The Kier molecular flexibility index (Phi) is 5.34. The Morgan fingerprint density at radius 1 is 1.10 bits per heavy atom. The van der Waals surface area contributed by atoms with Crippen molar-refractivity contribution in [3.05, 3.63) is 59.3 Å². The quantitative estimate of drug-likeness (QED) is 0.850. The summed E-state index contributed by atoms with van der Waals surface area (Å²) in [7, 11) is 0. The van der Waals surface area contributed by atoms with Gasteiger partial charge in [0.15, 0.2) is 0 Å². The van der Waals surface area contributed by atoms with Crippen LogP contribution in [0.2, 0.25) is 0 Å². The maximum atomic E-state index is 5.97. The van der Waals surface area contributed by atoms with Gasteiger partial charge in [0.05, 0.1) is 0 Å². The number of aromatic nitrogens is 1. The Bertz CT molecular complexity index is 561. The number of nitrogens with one attached hydrogen (secondary N) is 1. The van der Waals surface area contributed by atoms with E-state index in [-0.39, 0.29) is 6.04 Å². The molecule has 2 rings (SSSR count). The predicted molar refractivity (Wildman–Crippen MR) is 89.3 cm³/mol. The first-order valence-electron chi connectivity index (χ1n) is 7.64. The molecule has 1 atom stereocenters.